The van der Waals surface area contributed by atoms with Crippen molar-refractivity contribution in [3.8, 4) is 0 Å². The Bertz CT molecular complexity index is 286. The van der Waals surface area contributed by atoms with Crippen molar-refractivity contribution < 1.29 is 9.18 Å². The fourth-order valence-corrected chi connectivity index (χ4v) is 1.08. The molecular weight excluding hydrogens is 189 g/mol. The molecule has 13 heavy (non-hydrogen) atoms. The molecule has 0 aliphatic heterocycles. The summed E-state index contributed by atoms with van der Waals surface area (Å²) >= 11 is 3.55. The number of rotatable bonds is 3. The van der Waals surface area contributed by atoms with Crippen LogP contribution >= 0.6 is 12.6 Å². The average molecular weight is 199 g/mol. The molecule has 0 radical (unpaired) electrons. The summed E-state index contributed by atoms with van der Waals surface area (Å²) in [5.41, 5.74) is 0.989. The minimum Gasteiger partial charge on any atom is -0.347 e. The molecule has 0 unspecified atom stereocenters. The maximum Gasteiger partial charge on any atom is 0.275 e. The number of thiol groups is 1. The predicted octanol–water partition coefficient (Wildman–Crippen LogP) is 2.01. The first-order valence-corrected chi connectivity index (χ1v) is 4.34. The molecule has 1 rings (SSSR count). The molecule has 0 aromatic heterocycles. The maximum atomic E-state index is 12.5. The Kier molecular flexibility index (Phi) is 3.76. The second kappa shape index (κ2) is 4.87. The molecule has 0 spiro atoms. The standard InChI is InChI=1S/C9H10FNOS/c10-8-3-1-7(2-4-8)5-6-11-9(12)13/h1-4H,5-6H2,(H2,11,12,13). The molecule has 2 nitrogen and oxygen atoms in total. The van der Waals surface area contributed by atoms with Crippen LogP contribution < -0.4 is 5.32 Å². The van der Waals surface area contributed by atoms with E-state index >= 15 is 0 Å². The van der Waals surface area contributed by atoms with E-state index in [0.29, 0.717) is 13.0 Å². The van der Waals surface area contributed by atoms with Gasteiger partial charge in [-0.25, -0.2) is 4.39 Å². The van der Waals surface area contributed by atoms with Crippen LogP contribution in [-0.2, 0) is 6.42 Å². The number of hydrogen-bond donors (Lipinski definition) is 2. The third-order valence-electron chi connectivity index (χ3n) is 1.60. The Morgan fingerprint density at radius 2 is 2.00 bits per heavy atom. The largest absolute Gasteiger partial charge is 0.347 e. The van der Waals surface area contributed by atoms with Crippen LogP contribution in [0.2, 0.25) is 0 Å². The van der Waals surface area contributed by atoms with Gasteiger partial charge in [-0.05, 0) is 24.1 Å². The first-order chi connectivity index (χ1) is 6.18. The molecule has 0 saturated carbocycles. The maximum absolute atomic E-state index is 12.5. The van der Waals surface area contributed by atoms with Crippen molar-refractivity contribution in [1.82, 2.24) is 5.32 Å². The van der Waals surface area contributed by atoms with Crippen LogP contribution in [0.25, 0.3) is 0 Å². The Hall–Kier alpha value is -1.03. The van der Waals surface area contributed by atoms with Gasteiger partial charge < -0.3 is 5.32 Å². The van der Waals surface area contributed by atoms with Crippen molar-refractivity contribution in [1.29, 1.82) is 0 Å². The van der Waals surface area contributed by atoms with Crippen molar-refractivity contribution in [3.63, 3.8) is 0 Å². The van der Waals surface area contributed by atoms with Crippen LogP contribution in [0, 0.1) is 5.82 Å². The molecule has 4 heteroatoms. The Morgan fingerprint density at radius 1 is 1.38 bits per heavy atom. The number of carbonyl (C=O) groups is 1. The van der Waals surface area contributed by atoms with Gasteiger partial charge >= 0.3 is 0 Å². The van der Waals surface area contributed by atoms with Crippen LogP contribution in [0.15, 0.2) is 24.3 Å². The van der Waals surface area contributed by atoms with Gasteiger partial charge in [-0.2, -0.15) is 0 Å². The predicted molar refractivity (Wildman–Crippen MR) is 52.5 cm³/mol. The zero-order valence-electron chi connectivity index (χ0n) is 6.96. The molecule has 0 atom stereocenters. The highest BCUT2D eigenvalue weighted by Crippen LogP contribution is 2.02. The summed E-state index contributed by atoms with van der Waals surface area (Å²) in [6.07, 6.45) is 0.687. The van der Waals surface area contributed by atoms with Gasteiger partial charge in [0.2, 0.25) is 0 Å². The second-order valence-corrected chi connectivity index (χ2v) is 3.01. The van der Waals surface area contributed by atoms with Gasteiger partial charge in [-0.3, -0.25) is 4.79 Å². The minimum atomic E-state index is -0.345. The smallest absolute Gasteiger partial charge is 0.275 e. The molecule has 0 bridgehead atoms. The zero-order chi connectivity index (χ0) is 9.68. The first-order valence-electron chi connectivity index (χ1n) is 3.90. The van der Waals surface area contributed by atoms with Crippen LogP contribution in [0.5, 0.6) is 0 Å². The lowest BCUT2D eigenvalue weighted by atomic mass is 10.1. The summed E-state index contributed by atoms with van der Waals surface area (Å²) < 4.78 is 12.5. The average Bonchev–Trinajstić information content (AvgIpc) is 2.08. The van der Waals surface area contributed by atoms with E-state index in [1.807, 2.05) is 0 Å². The highest BCUT2D eigenvalue weighted by Gasteiger charge is 1.95. The Balaban J connectivity index is 2.37. The van der Waals surface area contributed by atoms with Crippen LogP contribution in [0.3, 0.4) is 0 Å². The number of halogens is 1. The summed E-state index contributed by atoms with van der Waals surface area (Å²) in [6, 6.07) is 6.19. The number of benzene rings is 1. The van der Waals surface area contributed by atoms with Crippen molar-refractivity contribution in [2.45, 2.75) is 6.42 Å². The number of hydrogen-bond acceptors (Lipinski definition) is 1. The first kappa shape index (κ1) is 10.1. The van der Waals surface area contributed by atoms with Gasteiger partial charge in [0.15, 0.2) is 0 Å². The Morgan fingerprint density at radius 3 is 2.54 bits per heavy atom. The summed E-state index contributed by atoms with van der Waals surface area (Å²) in [7, 11) is 0. The highest BCUT2D eigenvalue weighted by molar-refractivity contribution is 7.96. The number of carbonyl (C=O) groups excluding carboxylic acids is 1. The monoisotopic (exact) mass is 199 g/mol. The second-order valence-electron chi connectivity index (χ2n) is 2.61. The van der Waals surface area contributed by atoms with E-state index in [1.54, 1.807) is 12.1 Å². The van der Waals surface area contributed by atoms with E-state index in [2.05, 4.69) is 17.9 Å². The van der Waals surface area contributed by atoms with Gasteiger partial charge in [0.25, 0.3) is 5.24 Å². The van der Waals surface area contributed by atoms with Crippen molar-refractivity contribution >= 4 is 17.9 Å². The van der Waals surface area contributed by atoms with Crippen molar-refractivity contribution in [2.24, 2.45) is 0 Å². The Labute approximate surface area is 81.6 Å². The minimum absolute atomic E-state index is 0.248. The van der Waals surface area contributed by atoms with E-state index in [-0.39, 0.29) is 11.1 Å². The molecule has 1 N–H and O–H groups in total. The van der Waals surface area contributed by atoms with Gasteiger partial charge in [-0.15, -0.1) is 0 Å². The lowest BCUT2D eigenvalue weighted by Crippen LogP contribution is -2.19. The summed E-state index contributed by atoms with van der Waals surface area (Å²) in [4.78, 5) is 10.4. The third-order valence-corrected chi connectivity index (χ3v) is 1.76. The molecule has 0 heterocycles. The van der Waals surface area contributed by atoms with E-state index < -0.39 is 0 Å². The quantitative estimate of drug-likeness (QED) is 0.716. The summed E-state index contributed by atoms with van der Waals surface area (Å²) in [5.74, 6) is -0.248. The molecule has 1 aromatic rings. The number of nitrogens with one attached hydrogen (secondary N) is 1. The van der Waals surface area contributed by atoms with E-state index in [1.165, 1.54) is 12.1 Å². The summed E-state index contributed by atoms with van der Waals surface area (Å²) in [5, 5.41) is 2.19. The summed E-state index contributed by atoms with van der Waals surface area (Å²) in [6.45, 7) is 0.522. The fourth-order valence-electron chi connectivity index (χ4n) is 0.965. The van der Waals surface area contributed by atoms with Gasteiger partial charge in [0.1, 0.15) is 5.82 Å². The van der Waals surface area contributed by atoms with Crippen LogP contribution in [0.4, 0.5) is 9.18 Å². The van der Waals surface area contributed by atoms with Crippen molar-refractivity contribution in [2.75, 3.05) is 6.54 Å². The molecule has 70 valence electrons. The molecule has 0 fully saturated rings. The van der Waals surface area contributed by atoms with Crippen LogP contribution in [0.1, 0.15) is 5.56 Å². The molecule has 0 saturated heterocycles. The third kappa shape index (κ3) is 3.94. The van der Waals surface area contributed by atoms with E-state index in [9.17, 15) is 9.18 Å². The lowest BCUT2D eigenvalue weighted by Gasteiger charge is -2.01. The lowest BCUT2D eigenvalue weighted by molar-refractivity contribution is 0.261. The SMILES string of the molecule is O=C(S)NCCc1ccc(F)cc1. The zero-order valence-corrected chi connectivity index (χ0v) is 7.85. The fraction of sp³-hybridized carbons (Fsp3) is 0.222. The topological polar surface area (TPSA) is 29.1 Å². The molecule has 1 amide bonds. The normalized spacial score (nSPS) is 9.69. The molecule has 0 aliphatic carbocycles. The van der Waals surface area contributed by atoms with Gasteiger partial charge in [0.05, 0.1) is 0 Å². The molecule has 0 aliphatic rings. The number of amides is 1. The van der Waals surface area contributed by atoms with Gasteiger partial charge in [0, 0.05) is 6.54 Å². The van der Waals surface area contributed by atoms with Crippen LogP contribution in [-0.4, -0.2) is 11.8 Å². The molecule has 1 aromatic carbocycles. The van der Waals surface area contributed by atoms with E-state index in [4.69, 9.17) is 0 Å². The van der Waals surface area contributed by atoms with Crippen molar-refractivity contribution in [3.05, 3.63) is 35.6 Å². The molecular formula is C9H10FNOS. The van der Waals surface area contributed by atoms with E-state index in [0.717, 1.165) is 5.56 Å². The van der Waals surface area contributed by atoms with Gasteiger partial charge in [-0.1, -0.05) is 24.8 Å². The highest BCUT2D eigenvalue weighted by atomic mass is 32.1.